The van der Waals surface area contributed by atoms with E-state index in [1.165, 1.54) is 13.3 Å². The van der Waals surface area contributed by atoms with Crippen molar-refractivity contribution in [2.45, 2.75) is 18.8 Å². The summed E-state index contributed by atoms with van der Waals surface area (Å²) in [6, 6.07) is 3.32. The van der Waals surface area contributed by atoms with Gasteiger partial charge in [-0.25, -0.2) is 0 Å². The van der Waals surface area contributed by atoms with Crippen molar-refractivity contribution >= 4 is 27.5 Å². The molecule has 0 bridgehead atoms. The molecule has 0 aromatic carbocycles. The molecular weight excluding hydrogens is 374 g/mol. The van der Waals surface area contributed by atoms with Crippen LogP contribution in [0, 0.1) is 0 Å². The lowest BCUT2D eigenvalue weighted by atomic mass is 9.90. The second kappa shape index (κ2) is 7.23. The van der Waals surface area contributed by atoms with Gasteiger partial charge in [-0.15, -0.1) is 10.2 Å². The van der Waals surface area contributed by atoms with Crippen molar-refractivity contribution < 1.29 is 9.53 Å². The second-order valence-electron chi connectivity index (χ2n) is 5.63. The molecule has 0 unspecified atom stereocenters. The molecule has 2 aromatic rings. The first-order chi connectivity index (χ1) is 11.6. The van der Waals surface area contributed by atoms with E-state index in [1.807, 2.05) is 0 Å². The molecule has 8 heteroatoms. The average Bonchev–Trinajstić information content (AvgIpc) is 2.62. The highest BCUT2D eigenvalue weighted by molar-refractivity contribution is 9.10. The van der Waals surface area contributed by atoms with Crippen LogP contribution in [-0.4, -0.2) is 41.2 Å². The first-order valence-electron chi connectivity index (χ1n) is 7.68. The number of pyridine rings is 1. The molecule has 0 amide bonds. The molecule has 24 heavy (non-hydrogen) atoms. The van der Waals surface area contributed by atoms with E-state index in [1.54, 1.807) is 12.1 Å². The molecule has 126 valence electrons. The second-order valence-corrected chi connectivity index (χ2v) is 6.48. The number of rotatable bonds is 4. The van der Waals surface area contributed by atoms with Gasteiger partial charge >= 0.3 is 0 Å². The number of carbonyl (C=O) groups is 1. The van der Waals surface area contributed by atoms with E-state index in [0.29, 0.717) is 22.0 Å². The Morgan fingerprint density at radius 1 is 1.29 bits per heavy atom. The van der Waals surface area contributed by atoms with Gasteiger partial charge in [-0.2, -0.15) is 0 Å². The molecule has 1 saturated heterocycles. The molecular formula is C16H18BrN5O2. The van der Waals surface area contributed by atoms with Gasteiger partial charge in [0.05, 0.1) is 11.6 Å². The lowest BCUT2D eigenvalue weighted by molar-refractivity contribution is 0.102. The van der Waals surface area contributed by atoms with Crippen LogP contribution >= 0.6 is 15.9 Å². The first kappa shape index (κ1) is 16.8. The summed E-state index contributed by atoms with van der Waals surface area (Å²) in [6.45, 7) is 1.86. The Kier molecular flexibility index (Phi) is 5.06. The highest BCUT2D eigenvalue weighted by Gasteiger charge is 2.22. The van der Waals surface area contributed by atoms with Crippen LogP contribution in [-0.2, 0) is 0 Å². The van der Waals surface area contributed by atoms with Gasteiger partial charge in [-0.3, -0.25) is 9.78 Å². The maximum atomic E-state index is 12.7. The van der Waals surface area contributed by atoms with Crippen LogP contribution in [0.15, 0.2) is 22.8 Å². The molecule has 0 saturated carbocycles. The number of nitrogens with zero attached hydrogens (tertiary/aromatic N) is 3. The fourth-order valence-corrected chi connectivity index (χ4v) is 3.20. The Bertz CT molecular complexity index is 762. The number of piperidine rings is 1. The third-order valence-corrected chi connectivity index (χ3v) is 4.73. The lowest BCUT2D eigenvalue weighted by Gasteiger charge is -2.23. The number of aromatic nitrogens is 3. The quantitative estimate of drug-likeness (QED) is 0.767. The summed E-state index contributed by atoms with van der Waals surface area (Å²) in [5.41, 5.74) is 7.37. The summed E-state index contributed by atoms with van der Waals surface area (Å²) in [7, 11) is 1.53. The number of ether oxygens (including phenoxy) is 1. The first-order valence-corrected chi connectivity index (χ1v) is 8.47. The van der Waals surface area contributed by atoms with Crippen LogP contribution in [0.3, 0.4) is 0 Å². The fraction of sp³-hybridized carbons (Fsp3) is 0.375. The van der Waals surface area contributed by atoms with Gasteiger partial charge in [0.15, 0.2) is 0 Å². The molecule has 1 aliphatic heterocycles. The smallest absolute Gasteiger partial charge is 0.231 e. The Morgan fingerprint density at radius 3 is 2.75 bits per heavy atom. The number of nitrogen functional groups attached to an aromatic ring is 1. The van der Waals surface area contributed by atoms with Crippen molar-refractivity contribution in [2.75, 3.05) is 25.9 Å². The van der Waals surface area contributed by atoms with Gasteiger partial charge in [0.1, 0.15) is 23.0 Å². The van der Waals surface area contributed by atoms with E-state index in [9.17, 15) is 4.79 Å². The Labute approximate surface area is 148 Å². The molecule has 1 fully saturated rings. The van der Waals surface area contributed by atoms with E-state index in [4.69, 9.17) is 10.5 Å². The number of hydrogen-bond acceptors (Lipinski definition) is 7. The summed E-state index contributed by atoms with van der Waals surface area (Å²) < 4.78 is 5.89. The average molecular weight is 392 g/mol. The molecule has 7 nitrogen and oxygen atoms in total. The third-order valence-electron chi connectivity index (χ3n) is 4.14. The predicted octanol–water partition coefficient (Wildman–Crippen LogP) is 1.92. The van der Waals surface area contributed by atoms with Crippen molar-refractivity contribution in [1.82, 2.24) is 20.5 Å². The highest BCUT2D eigenvalue weighted by Crippen LogP contribution is 2.29. The standard InChI is InChI=1S/C16H18BrN5O2/c1-24-14-7-12(20-8-11(14)17)15(23)13-6-10(16(18)22-21-13)9-2-4-19-5-3-9/h6-9,19H,2-5H2,1H3,(H2,18,22). The molecule has 0 spiro atoms. The van der Waals surface area contributed by atoms with Crippen LogP contribution in [0.4, 0.5) is 5.82 Å². The maximum absolute atomic E-state index is 12.7. The van der Waals surface area contributed by atoms with Crippen molar-refractivity contribution in [3.8, 4) is 5.75 Å². The minimum Gasteiger partial charge on any atom is -0.495 e. The van der Waals surface area contributed by atoms with Gasteiger partial charge < -0.3 is 15.8 Å². The highest BCUT2D eigenvalue weighted by atomic mass is 79.9. The summed E-state index contributed by atoms with van der Waals surface area (Å²) in [5, 5.41) is 11.2. The van der Waals surface area contributed by atoms with Gasteiger partial charge in [0.2, 0.25) is 5.78 Å². The van der Waals surface area contributed by atoms with Crippen LogP contribution in [0.1, 0.15) is 40.5 Å². The predicted molar refractivity (Wildman–Crippen MR) is 93.2 cm³/mol. The largest absolute Gasteiger partial charge is 0.495 e. The zero-order chi connectivity index (χ0) is 17.1. The van der Waals surface area contributed by atoms with E-state index in [-0.39, 0.29) is 17.2 Å². The number of nitrogens with one attached hydrogen (secondary N) is 1. The number of methoxy groups -OCH3 is 1. The molecule has 1 aliphatic rings. The van der Waals surface area contributed by atoms with Crippen LogP contribution in [0.5, 0.6) is 5.75 Å². The number of ketones is 1. The lowest BCUT2D eigenvalue weighted by Crippen LogP contribution is -2.27. The van der Waals surface area contributed by atoms with Crippen molar-refractivity contribution in [3.63, 3.8) is 0 Å². The zero-order valence-corrected chi connectivity index (χ0v) is 14.8. The van der Waals surface area contributed by atoms with Crippen molar-refractivity contribution in [2.24, 2.45) is 0 Å². The van der Waals surface area contributed by atoms with Crippen molar-refractivity contribution in [3.05, 3.63) is 39.8 Å². The Balaban J connectivity index is 1.92. The Hall–Kier alpha value is -2.06. The van der Waals surface area contributed by atoms with Crippen LogP contribution in [0.25, 0.3) is 0 Å². The molecule has 3 rings (SSSR count). The van der Waals surface area contributed by atoms with E-state index < -0.39 is 0 Å². The minimum atomic E-state index is -0.302. The monoisotopic (exact) mass is 391 g/mol. The normalized spacial score (nSPS) is 15.2. The summed E-state index contributed by atoms with van der Waals surface area (Å²) in [6.07, 6.45) is 3.46. The molecule has 0 radical (unpaired) electrons. The summed E-state index contributed by atoms with van der Waals surface area (Å²) in [5.74, 6) is 0.916. The van der Waals surface area contributed by atoms with E-state index in [2.05, 4.69) is 36.4 Å². The number of carbonyl (C=O) groups excluding carboxylic acids is 1. The third kappa shape index (κ3) is 3.39. The minimum absolute atomic E-state index is 0.245. The van der Waals surface area contributed by atoms with Crippen LogP contribution in [0.2, 0.25) is 0 Å². The topological polar surface area (TPSA) is 103 Å². The molecule has 0 aliphatic carbocycles. The summed E-state index contributed by atoms with van der Waals surface area (Å²) >= 11 is 3.32. The number of nitrogens with two attached hydrogens (primary N) is 1. The van der Waals surface area contributed by atoms with Gasteiger partial charge in [0, 0.05) is 17.8 Å². The number of halogens is 1. The number of hydrogen-bond donors (Lipinski definition) is 2. The molecule has 3 N–H and O–H groups in total. The maximum Gasteiger partial charge on any atom is 0.231 e. The van der Waals surface area contributed by atoms with Crippen LogP contribution < -0.4 is 15.8 Å². The summed E-state index contributed by atoms with van der Waals surface area (Å²) in [4.78, 5) is 16.8. The van der Waals surface area contributed by atoms with Gasteiger partial charge in [-0.1, -0.05) is 0 Å². The zero-order valence-electron chi connectivity index (χ0n) is 13.3. The van der Waals surface area contributed by atoms with E-state index >= 15 is 0 Å². The van der Waals surface area contributed by atoms with Crippen molar-refractivity contribution in [1.29, 1.82) is 0 Å². The van der Waals surface area contributed by atoms with E-state index in [0.717, 1.165) is 31.5 Å². The molecule has 3 heterocycles. The molecule has 0 atom stereocenters. The number of anilines is 1. The molecule has 2 aromatic heterocycles. The van der Waals surface area contributed by atoms with Gasteiger partial charge in [0.25, 0.3) is 0 Å². The SMILES string of the molecule is COc1cc(C(=O)c2cc(C3CCNCC3)c(N)nn2)ncc1Br. The van der Waals surface area contributed by atoms with Gasteiger partial charge in [-0.05, 0) is 53.8 Å². The fourth-order valence-electron chi connectivity index (χ4n) is 2.82. The Morgan fingerprint density at radius 2 is 2.04 bits per heavy atom.